The molecule has 0 unspecified atom stereocenters. The number of hydrogen-bond acceptors (Lipinski definition) is 3. The lowest BCUT2D eigenvalue weighted by molar-refractivity contribution is -0.134. The van der Waals surface area contributed by atoms with Crippen molar-refractivity contribution >= 4 is 18.3 Å². The number of carbonyl (C=O) groups is 1. The molecule has 3 rings (SSSR count). The summed E-state index contributed by atoms with van der Waals surface area (Å²) in [5.74, 6) is 1.76. The molecule has 0 saturated carbocycles. The summed E-state index contributed by atoms with van der Waals surface area (Å²) in [4.78, 5) is 13.3. The minimum atomic E-state index is -0.193. The summed E-state index contributed by atoms with van der Waals surface area (Å²) in [6.07, 6.45) is 8.38. The van der Waals surface area contributed by atoms with Gasteiger partial charge in [-0.05, 0) is 69.2 Å². The van der Waals surface area contributed by atoms with Crippen LogP contribution in [0.2, 0.25) is 0 Å². The fourth-order valence-corrected chi connectivity index (χ4v) is 4.57. The molecule has 158 valence electrons. The maximum atomic E-state index is 13.3. The second-order valence-corrected chi connectivity index (χ2v) is 8.81. The summed E-state index contributed by atoms with van der Waals surface area (Å²) in [6, 6.07) is 8.45. The third kappa shape index (κ3) is 6.12. The molecule has 1 saturated heterocycles. The Morgan fingerprint density at radius 1 is 1.11 bits per heavy atom. The molecule has 28 heavy (non-hydrogen) atoms. The normalized spacial score (nSPS) is 23.2. The molecule has 2 aliphatic heterocycles. The molecule has 2 aliphatic rings. The van der Waals surface area contributed by atoms with Crippen molar-refractivity contribution in [3.63, 3.8) is 0 Å². The van der Waals surface area contributed by atoms with Gasteiger partial charge >= 0.3 is 0 Å². The van der Waals surface area contributed by atoms with Gasteiger partial charge in [-0.3, -0.25) is 4.79 Å². The zero-order chi connectivity index (χ0) is 19.1. The highest BCUT2D eigenvalue weighted by atomic mass is 35.5. The van der Waals surface area contributed by atoms with E-state index < -0.39 is 0 Å². The Hall–Kier alpha value is -1.26. The summed E-state index contributed by atoms with van der Waals surface area (Å²) in [6.45, 7) is 6.87. The van der Waals surface area contributed by atoms with Crippen LogP contribution in [0.3, 0.4) is 0 Å². The Balaban J connectivity index is 0.00000280. The Morgan fingerprint density at radius 2 is 1.86 bits per heavy atom. The quantitative estimate of drug-likeness (QED) is 0.757. The standard InChI is InChI=1S/C23H36N2O2.ClH/c1-18(2)16-20-17-27-21-10-6-5-9-19(21)8-4-3-7-11-23(22(26)25-20)12-14-24-15-13-23;/h5-6,9-10,18,20,24H,3-4,7-8,11-17H2,1-2H3,(H,25,26);1H/t20-;/m0./s1. The van der Waals surface area contributed by atoms with Gasteiger partial charge in [-0.2, -0.15) is 0 Å². The first kappa shape index (κ1) is 23.0. The number of aryl methyl sites for hydroxylation is 1. The van der Waals surface area contributed by atoms with Crippen LogP contribution < -0.4 is 15.4 Å². The second kappa shape index (κ2) is 11.1. The van der Waals surface area contributed by atoms with Crippen LogP contribution in [0.25, 0.3) is 0 Å². The summed E-state index contributed by atoms with van der Waals surface area (Å²) < 4.78 is 6.21. The van der Waals surface area contributed by atoms with E-state index in [1.807, 2.05) is 6.07 Å². The number of halogens is 1. The number of nitrogens with one attached hydrogen (secondary N) is 2. The first-order chi connectivity index (χ1) is 13.1. The van der Waals surface area contributed by atoms with Gasteiger partial charge in [0.1, 0.15) is 12.4 Å². The van der Waals surface area contributed by atoms with Crippen molar-refractivity contribution in [3.8, 4) is 5.75 Å². The summed E-state index contributed by atoms with van der Waals surface area (Å²) in [5, 5.41) is 6.81. The van der Waals surface area contributed by atoms with Gasteiger partial charge in [0, 0.05) is 0 Å². The average molecular weight is 409 g/mol. The lowest BCUT2D eigenvalue weighted by Crippen LogP contribution is -2.51. The molecule has 1 amide bonds. The van der Waals surface area contributed by atoms with Crippen LogP contribution in [-0.2, 0) is 11.2 Å². The molecular formula is C23H37ClN2O2. The molecule has 2 heterocycles. The van der Waals surface area contributed by atoms with E-state index >= 15 is 0 Å². The van der Waals surface area contributed by atoms with Crippen LogP contribution >= 0.6 is 12.4 Å². The van der Waals surface area contributed by atoms with E-state index in [1.54, 1.807) is 0 Å². The molecular weight excluding hydrogens is 372 g/mol. The summed E-state index contributed by atoms with van der Waals surface area (Å²) in [5.41, 5.74) is 1.10. The molecule has 0 bridgehead atoms. The third-order valence-electron chi connectivity index (χ3n) is 6.15. The number of fused-ring (bicyclic) bond motifs is 1. The van der Waals surface area contributed by atoms with Crippen molar-refractivity contribution in [2.45, 2.75) is 71.3 Å². The number of ether oxygens (including phenoxy) is 1. The van der Waals surface area contributed by atoms with Gasteiger partial charge in [0.15, 0.2) is 0 Å². The highest BCUT2D eigenvalue weighted by Gasteiger charge is 2.39. The second-order valence-electron chi connectivity index (χ2n) is 8.81. The maximum absolute atomic E-state index is 13.3. The van der Waals surface area contributed by atoms with E-state index in [2.05, 4.69) is 42.7 Å². The Labute approximate surface area is 176 Å². The minimum Gasteiger partial charge on any atom is -0.491 e. The predicted octanol–water partition coefficient (Wildman–Crippen LogP) is 4.50. The zero-order valence-corrected chi connectivity index (χ0v) is 18.3. The predicted molar refractivity (Wildman–Crippen MR) is 117 cm³/mol. The van der Waals surface area contributed by atoms with Crippen molar-refractivity contribution in [3.05, 3.63) is 29.8 Å². The summed E-state index contributed by atoms with van der Waals surface area (Å²) in [7, 11) is 0. The van der Waals surface area contributed by atoms with Gasteiger partial charge in [-0.1, -0.05) is 44.9 Å². The number of amides is 1. The van der Waals surface area contributed by atoms with E-state index in [0.717, 1.165) is 63.8 Å². The van der Waals surface area contributed by atoms with Crippen LogP contribution in [0.4, 0.5) is 0 Å². The maximum Gasteiger partial charge on any atom is 0.226 e. The van der Waals surface area contributed by atoms with Gasteiger partial charge in [-0.25, -0.2) is 0 Å². The highest BCUT2D eigenvalue weighted by molar-refractivity contribution is 5.85. The molecule has 1 aromatic rings. The van der Waals surface area contributed by atoms with Gasteiger partial charge in [-0.15, -0.1) is 12.4 Å². The van der Waals surface area contributed by atoms with E-state index in [0.29, 0.717) is 12.5 Å². The Bertz CT molecular complexity index is 614. The van der Waals surface area contributed by atoms with Crippen molar-refractivity contribution in [2.24, 2.45) is 11.3 Å². The molecule has 0 aromatic heterocycles. The topological polar surface area (TPSA) is 50.4 Å². The highest BCUT2D eigenvalue weighted by Crippen LogP contribution is 2.36. The number of benzene rings is 1. The molecule has 1 atom stereocenters. The third-order valence-corrected chi connectivity index (χ3v) is 6.15. The zero-order valence-electron chi connectivity index (χ0n) is 17.5. The van der Waals surface area contributed by atoms with Gasteiger partial charge in [0.25, 0.3) is 0 Å². The number of piperidine rings is 1. The number of carbonyl (C=O) groups excluding carboxylic acids is 1. The first-order valence-corrected chi connectivity index (χ1v) is 10.8. The van der Waals surface area contributed by atoms with Crippen LogP contribution in [0, 0.1) is 11.3 Å². The lowest BCUT2D eigenvalue weighted by Gasteiger charge is -2.37. The van der Waals surface area contributed by atoms with Crippen LogP contribution in [0.5, 0.6) is 5.75 Å². The van der Waals surface area contributed by atoms with E-state index in [1.165, 1.54) is 12.0 Å². The molecule has 0 radical (unpaired) electrons. The van der Waals surface area contributed by atoms with Crippen LogP contribution in [0.1, 0.15) is 64.4 Å². The molecule has 4 nitrogen and oxygen atoms in total. The molecule has 1 aromatic carbocycles. The largest absolute Gasteiger partial charge is 0.491 e. The number of para-hydroxylation sites is 1. The van der Waals surface area contributed by atoms with Crippen molar-refractivity contribution in [1.82, 2.24) is 10.6 Å². The monoisotopic (exact) mass is 408 g/mol. The number of hydrogen-bond donors (Lipinski definition) is 2. The van der Waals surface area contributed by atoms with Gasteiger partial charge in [0.05, 0.1) is 11.5 Å². The fraction of sp³-hybridized carbons (Fsp3) is 0.696. The minimum absolute atomic E-state index is 0. The first-order valence-electron chi connectivity index (χ1n) is 10.8. The molecule has 2 N–H and O–H groups in total. The Morgan fingerprint density at radius 3 is 2.61 bits per heavy atom. The Kier molecular flexibility index (Phi) is 9.10. The SMILES string of the molecule is CC(C)C[C@H]1COc2ccccc2CCCCCC2(CCNCC2)C(=O)N1.Cl. The van der Waals surface area contributed by atoms with E-state index in [-0.39, 0.29) is 29.8 Å². The van der Waals surface area contributed by atoms with E-state index in [4.69, 9.17) is 4.74 Å². The molecule has 5 heteroatoms. The molecule has 1 spiro atoms. The van der Waals surface area contributed by atoms with Crippen molar-refractivity contribution in [1.29, 1.82) is 0 Å². The van der Waals surface area contributed by atoms with Crippen molar-refractivity contribution in [2.75, 3.05) is 19.7 Å². The number of rotatable bonds is 2. The van der Waals surface area contributed by atoms with Gasteiger partial charge in [0.2, 0.25) is 5.91 Å². The average Bonchev–Trinajstić information content (AvgIpc) is 2.67. The molecule has 0 aliphatic carbocycles. The molecule has 1 fully saturated rings. The smallest absolute Gasteiger partial charge is 0.226 e. The lowest BCUT2D eigenvalue weighted by atomic mass is 9.73. The fourth-order valence-electron chi connectivity index (χ4n) is 4.57. The van der Waals surface area contributed by atoms with Gasteiger partial charge < -0.3 is 15.4 Å². The van der Waals surface area contributed by atoms with E-state index in [9.17, 15) is 4.79 Å². The van der Waals surface area contributed by atoms with Crippen LogP contribution in [0.15, 0.2) is 24.3 Å². The van der Waals surface area contributed by atoms with Crippen LogP contribution in [-0.4, -0.2) is 31.6 Å². The van der Waals surface area contributed by atoms with Crippen molar-refractivity contribution < 1.29 is 9.53 Å². The summed E-state index contributed by atoms with van der Waals surface area (Å²) >= 11 is 0.